The van der Waals surface area contributed by atoms with E-state index in [4.69, 9.17) is 18.9 Å². The summed E-state index contributed by atoms with van der Waals surface area (Å²) in [6, 6.07) is 9.52. The number of anilines is 1. The van der Waals surface area contributed by atoms with E-state index in [2.05, 4.69) is 5.32 Å². The topological polar surface area (TPSA) is 141 Å². The van der Waals surface area contributed by atoms with E-state index in [-0.39, 0.29) is 23.7 Å². The molecule has 0 bridgehead atoms. The summed E-state index contributed by atoms with van der Waals surface area (Å²) in [6.45, 7) is 3.00. The number of sulfonamides is 2. The van der Waals surface area contributed by atoms with Crippen molar-refractivity contribution in [2.75, 3.05) is 64.2 Å². The Morgan fingerprint density at radius 2 is 1.66 bits per heavy atom. The first kappa shape index (κ1) is 29.5. The first-order valence-corrected chi connectivity index (χ1v) is 15.1. The highest BCUT2D eigenvalue weighted by molar-refractivity contribution is 7.92. The fourth-order valence-corrected chi connectivity index (χ4v) is 6.48. The summed E-state index contributed by atoms with van der Waals surface area (Å²) in [7, 11) is -4.53. The maximum atomic E-state index is 12.8. The zero-order valence-corrected chi connectivity index (χ0v) is 23.4. The van der Waals surface area contributed by atoms with Crippen LogP contribution in [0, 0.1) is 0 Å². The summed E-state index contributed by atoms with van der Waals surface area (Å²) < 4.78 is 74.2. The van der Waals surface area contributed by atoms with E-state index >= 15 is 0 Å². The largest absolute Gasteiger partial charge is 0.493 e. The Hall–Kier alpha value is -3.07. The molecular formula is C24H33N3O9S2. The zero-order chi connectivity index (χ0) is 27.9. The highest BCUT2D eigenvalue weighted by Gasteiger charge is 2.30. The minimum absolute atomic E-state index is 0.0866. The van der Waals surface area contributed by atoms with Gasteiger partial charge in [0.25, 0.3) is 0 Å². The van der Waals surface area contributed by atoms with Crippen LogP contribution in [0.5, 0.6) is 17.2 Å². The van der Waals surface area contributed by atoms with Crippen molar-refractivity contribution in [1.29, 1.82) is 0 Å². The van der Waals surface area contributed by atoms with Crippen molar-refractivity contribution in [3.05, 3.63) is 42.5 Å². The quantitative estimate of drug-likeness (QED) is 0.371. The highest BCUT2D eigenvalue weighted by atomic mass is 32.2. The van der Waals surface area contributed by atoms with Gasteiger partial charge in [-0.15, -0.1) is 0 Å². The smallest absolute Gasteiger partial charge is 0.243 e. The van der Waals surface area contributed by atoms with Gasteiger partial charge in [0, 0.05) is 19.2 Å². The third kappa shape index (κ3) is 7.07. The number of carbonyl (C=O) groups excluding carboxylic acids is 1. The summed E-state index contributed by atoms with van der Waals surface area (Å²) in [5.74, 6) is 0.645. The molecule has 0 radical (unpaired) electrons. The number of rotatable bonds is 12. The number of ether oxygens (including phenoxy) is 4. The van der Waals surface area contributed by atoms with E-state index in [1.807, 2.05) is 0 Å². The molecule has 0 aromatic heterocycles. The number of hydrogen-bond acceptors (Lipinski definition) is 9. The lowest BCUT2D eigenvalue weighted by molar-refractivity contribution is -0.121. The molecule has 1 aliphatic rings. The fourth-order valence-electron chi connectivity index (χ4n) is 3.91. The van der Waals surface area contributed by atoms with Crippen molar-refractivity contribution < 1.29 is 40.6 Å². The lowest BCUT2D eigenvalue weighted by Crippen LogP contribution is -2.48. The van der Waals surface area contributed by atoms with Crippen LogP contribution in [0.15, 0.2) is 47.4 Å². The van der Waals surface area contributed by atoms with Gasteiger partial charge in [0.05, 0.1) is 50.8 Å². The molecule has 1 N–H and O–H groups in total. The predicted octanol–water partition coefficient (Wildman–Crippen LogP) is 1.07. The van der Waals surface area contributed by atoms with E-state index in [0.29, 0.717) is 43.6 Å². The molecule has 2 aromatic carbocycles. The number of carbonyl (C=O) groups is 1. The van der Waals surface area contributed by atoms with Gasteiger partial charge in [-0.3, -0.25) is 9.10 Å². The van der Waals surface area contributed by atoms with Crippen LogP contribution in [0.3, 0.4) is 0 Å². The average Bonchev–Trinajstić information content (AvgIpc) is 2.90. The Labute approximate surface area is 223 Å². The van der Waals surface area contributed by atoms with Gasteiger partial charge in [-0.2, -0.15) is 4.31 Å². The Bertz CT molecular complexity index is 1310. The number of morpholine rings is 1. The van der Waals surface area contributed by atoms with Crippen LogP contribution in [0.4, 0.5) is 5.69 Å². The second-order valence-corrected chi connectivity index (χ2v) is 12.2. The fraction of sp³-hybridized carbons (Fsp3) is 0.458. The maximum Gasteiger partial charge on any atom is 0.243 e. The average molecular weight is 572 g/mol. The third-order valence-corrected chi connectivity index (χ3v) is 8.97. The monoisotopic (exact) mass is 571 g/mol. The van der Waals surface area contributed by atoms with Gasteiger partial charge in [0.1, 0.15) is 18.4 Å². The first-order valence-electron chi connectivity index (χ1n) is 11.8. The number of nitrogens with zero attached hydrogens (tertiary/aromatic N) is 2. The standard InChI is InChI=1S/C24H33N3O9S2/c1-18(27(37(4,29)30)19-5-10-22(33-2)23(17-19)34-3)24(28)25-11-14-36-20-6-8-21(9-7-20)38(31,32)26-12-15-35-16-13-26/h5-10,17-18H,11-16H2,1-4H3,(H,25,28). The lowest BCUT2D eigenvalue weighted by atomic mass is 10.2. The van der Waals surface area contributed by atoms with Crippen molar-refractivity contribution in [1.82, 2.24) is 9.62 Å². The van der Waals surface area contributed by atoms with Crippen molar-refractivity contribution in [3.8, 4) is 17.2 Å². The zero-order valence-electron chi connectivity index (χ0n) is 21.7. The van der Waals surface area contributed by atoms with Crippen LogP contribution >= 0.6 is 0 Å². The Kier molecular flexibility index (Phi) is 9.82. The van der Waals surface area contributed by atoms with Crippen molar-refractivity contribution in [3.63, 3.8) is 0 Å². The second kappa shape index (κ2) is 12.7. The number of benzene rings is 2. The molecule has 2 aromatic rings. The van der Waals surface area contributed by atoms with E-state index in [1.54, 1.807) is 18.2 Å². The molecule has 0 spiro atoms. The van der Waals surface area contributed by atoms with E-state index in [9.17, 15) is 21.6 Å². The molecule has 210 valence electrons. The van der Waals surface area contributed by atoms with Gasteiger partial charge >= 0.3 is 0 Å². The number of hydrogen-bond donors (Lipinski definition) is 1. The summed E-state index contributed by atoms with van der Waals surface area (Å²) >= 11 is 0. The molecule has 14 heteroatoms. The predicted molar refractivity (Wildman–Crippen MR) is 141 cm³/mol. The normalized spacial score (nSPS) is 15.4. The van der Waals surface area contributed by atoms with Gasteiger partial charge in [-0.05, 0) is 43.3 Å². The van der Waals surface area contributed by atoms with Crippen LogP contribution < -0.4 is 23.8 Å². The molecule has 1 fully saturated rings. The molecule has 1 aliphatic heterocycles. The minimum Gasteiger partial charge on any atom is -0.493 e. The summed E-state index contributed by atoms with van der Waals surface area (Å²) in [4.78, 5) is 12.9. The van der Waals surface area contributed by atoms with Gasteiger partial charge in [0.15, 0.2) is 11.5 Å². The van der Waals surface area contributed by atoms with Gasteiger partial charge in [-0.25, -0.2) is 16.8 Å². The maximum absolute atomic E-state index is 12.8. The number of amides is 1. The van der Waals surface area contributed by atoms with Crippen LogP contribution in [-0.4, -0.2) is 93.0 Å². The van der Waals surface area contributed by atoms with E-state index < -0.39 is 32.0 Å². The lowest BCUT2D eigenvalue weighted by Gasteiger charge is -2.28. The molecule has 3 rings (SSSR count). The summed E-state index contributed by atoms with van der Waals surface area (Å²) in [5, 5.41) is 2.66. The van der Waals surface area contributed by atoms with Crippen LogP contribution in [0.2, 0.25) is 0 Å². The second-order valence-electron chi connectivity index (χ2n) is 8.40. The minimum atomic E-state index is -3.82. The SMILES string of the molecule is COc1ccc(N(C(C)C(=O)NCCOc2ccc(S(=O)(=O)N3CCOCC3)cc2)S(C)(=O)=O)cc1OC. The number of nitrogens with one attached hydrogen (secondary N) is 1. The first-order chi connectivity index (χ1) is 18.0. The Morgan fingerprint density at radius 3 is 2.24 bits per heavy atom. The Morgan fingerprint density at radius 1 is 1.03 bits per heavy atom. The van der Waals surface area contributed by atoms with E-state index in [1.165, 1.54) is 49.7 Å². The van der Waals surface area contributed by atoms with Crippen LogP contribution in [-0.2, 0) is 29.6 Å². The number of methoxy groups -OCH3 is 2. The van der Waals surface area contributed by atoms with E-state index in [0.717, 1.165) is 10.6 Å². The molecular weight excluding hydrogens is 538 g/mol. The molecule has 12 nitrogen and oxygen atoms in total. The van der Waals surface area contributed by atoms with Gasteiger partial charge in [-0.1, -0.05) is 0 Å². The molecule has 1 amide bonds. The highest BCUT2D eigenvalue weighted by Crippen LogP contribution is 2.33. The molecule has 0 aliphatic carbocycles. The molecule has 1 heterocycles. The molecule has 1 saturated heterocycles. The Balaban J connectivity index is 1.57. The molecule has 1 atom stereocenters. The molecule has 1 unspecified atom stereocenters. The molecule has 0 saturated carbocycles. The van der Waals surface area contributed by atoms with Gasteiger partial charge < -0.3 is 24.3 Å². The molecule has 38 heavy (non-hydrogen) atoms. The summed E-state index contributed by atoms with van der Waals surface area (Å²) in [5.41, 5.74) is 0.246. The van der Waals surface area contributed by atoms with Gasteiger partial charge in [0.2, 0.25) is 26.0 Å². The van der Waals surface area contributed by atoms with Crippen molar-refractivity contribution in [2.24, 2.45) is 0 Å². The van der Waals surface area contributed by atoms with Crippen LogP contribution in [0.25, 0.3) is 0 Å². The summed E-state index contributed by atoms with van der Waals surface area (Å²) in [6.07, 6.45) is 1.01. The van der Waals surface area contributed by atoms with Crippen molar-refractivity contribution >= 4 is 31.6 Å². The third-order valence-electron chi connectivity index (χ3n) is 5.81. The van der Waals surface area contributed by atoms with Crippen LogP contribution in [0.1, 0.15) is 6.92 Å². The van der Waals surface area contributed by atoms with Crippen molar-refractivity contribution in [2.45, 2.75) is 17.9 Å².